The van der Waals surface area contributed by atoms with Crippen molar-refractivity contribution in [2.75, 3.05) is 12.4 Å². The molecule has 0 spiro atoms. The summed E-state index contributed by atoms with van der Waals surface area (Å²) in [4.78, 5) is 10.8. The van der Waals surface area contributed by atoms with Gasteiger partial charge in [-0.05, 0) is 37.1 Å². The van der Waals surface area contributed by atoms with Gasteiger partial charge in [-0.1, -0.05) is 12.8 Å². The molecule has 4 nitrogen and oxygen atoms in total. The van der Waals surface area contributed by atoms with E-state index < -0.39 is 5.97 Å². The van der Waals surface area contributed by atoms with Crippen molar-refractivity contribution >= 4 is 11.7 Å². The zero-order valence-corrected chi connectivity index (χ0v) is 10.6. The van der Waals surface area contributed by atoms with Crippen LogP contribution in [0.5, 0.6) is 0 Å². The maximum atomic E-state index is 10.8. The number of benzene rings is 1. The van der Waals surface area contributed by atoms with Gasteiger partial charge in [0.2, 0.25) is 0 Å². The van der Waals surface area contributed by atoms with E-state index in [4.69, 9.17) is 9.84 Å². The van der Waals surface area contributed by atoms with E-state index in [-0.39, 0.29) is 6.10 Å². The second kappa shape index (κ2) is 5.87. The van der Waals surface area contributed by atoms with Gasteiger partial charge < -0.3 is 15.2 Å². The molecule has 0 bridgehead atoms. The van der Waals surface area contributed by atoms with Crippen molar-refractivity contribution in [3.63, 3.8) is 0 Å². The van der Waals surface area contributed by atoms with E-state index in [0.29, 0.717) is 11.6 Å². The van der Waals surface area contributed by atoms with Crippen molar-refractivity contribution in [3.05, 3.63) is 29.8 Å². The SMILES string of the molecule is COC1CCCCC1Nc1ccc(C(=O)O)cc1. The Morgan fingerprint density at radius 2 is 1.94 bits per heavy atom. The van der Waals surface area contributed by atoms with Crippen molar-refractivity contribution in [2.45, 2.75) is 37.8 Å². The fourth-order valence-electron chi connectivity index (χ4n) is 2.47. The Hall–Kier alpha value is -1.55. The lowest BCUT2D eigenvalue weighted by atomic mass is 9.92. The molecular weight excluding hydrogens is 230 g/mol. The zero-order valence-electron chi connectivity index (χ0n) is 10.6. The van der Waals surface area contributed by atoms with Crippen LogP contribution in [0, 0.1) is 0 Å². The van der Waals surface area contributed by atoms with E-state index in [1.54, 1.807) is 19.2 Å². The van der Waals surface area contributed by atoms with Gasteiger partial charge in [-0.25, -0.2) is 4.79 Å². The highest BCUT2D eigenvalue weighted by molar-refractivity contribution is 5.88. The average Bonchev–Trinajstić information content (AvgIpc) is 2.40. The van der Waals surface area contributed by atoms with Gasteiger partial charge in [-0.15, -0.1) is 0 Å². The predicted octanol–water partition coefficient (Wildman–Crippen LogP) is 2.75. The fraction of sp³-hybridized carbons (Fsp3) is 0.500. The molecule has 0 aromatic heterocycles. The standard InChI is InChI=1S/C14H19NO3/c1-18-13-5-3-2-4-12(13)15-11-8-6-10(7-9-11)14(16)17/h6-9,12-13,15H,2-5H2,1H3,(H,16,17). The van der Waals surface area contributed by atoms with Gasteiger partial charge in [0.25, 0.3) is 0 Å². The van der Waals surface area contributed by atoms with Gasteiger partial charge in [-0.2, -0.15) is 0 Å². The lowest BCUT2D eigenvalue weighted by molar-refractivity contribution is 0.0606. The van der Waals surface area contributed by atoms with Crippen molar-refractivity contribution in [2.24, 2.45) is 0 Å². The lowest BCUT2D eigenvalue weighted by Crippen LogP contribution is -2.37. The van der Waals surface area contributed by atoms with E-state index in [2.05, 4.69) is 5.32 Å². The number of aromatic carboxylic acids is 1. The quantitative estimate of drug-likeness (QED) is 0.861. The number of hydrogen-bond acceptors (Lipinski definition) is 3. The molecule has 2 atom stereocenters. The number of carboxylic acid groups (broad SMARTS) is 1. The van der Waals surface area contributed by atoms with Gasteiger partial charge in [0.05, 0.1) is 17.7 Å². The first-order valence-electron chi connectivity index (χ1n) is 6.33. The molecule has 0 amide bonds. The van der Waals surface area contributed by atoms with E-state index in [1.165, 1.54) is 12.8 Å². The number of carboxylic acids is 1. The molecule has 2 N–H and O–H groups in total. The highest BCUT2D eigenvalue weighted by Gasteiger charge is 2.24. The molecule has 4 heteroatoms. The van der Waals surface area contributed by atoms with Crippen molar-refractivity contribution in [3.8, 4) is 0 Å². The Labute approximate surface area is 107 Å². The van der Waals surface area contributed by atoms with E-state index in [1.807, 2.05) is 12.1 Å². The molecule has 18 heavy (non-hydrogen) atoms. The maximum Gasteiger partial charge on any atom is 0.335 e. The first kappa shape index (κ1) is 12.9. The van der Waals surface area contributed by atoms with E-state index >= 15 is 0 Å². The molecule has 1 fully saturated rings. The molecule has 2 unspecified atom stereocenters. The normalized spacial score (nSPS) is 23.6. The Balaban J connectivity index is 2.01. The summed E-state index contributed by atoms with van der Waals surface area (Å²) in [5.41, 5.74) is 1.27. The third-order valence-corrected chi connectivity index (χ3v) is 3.49. The van der Waals surface area contributed by atoms with Crippen LogP contribution in [0.3, 0.4) is 0 Å². The molecule has 98 valence electrons. The lowest BCUT2D eigenvalue weighted by Gasteiger charge is -2.31. The summed E-state index contributed by atoms with van der Waals surface area (Å²) < 4.78 is 5.48. The summed E-state index contributed by atoms with van der Waals surface area (Å²) in [5.74, 6) is -0.894. The third kappa shape index (κ3) is 3.01. The van der Waals surface area contributed by atoms with Crippen molar-refractivity contribution < 1.29 is 14.6 Å². The predicted molar refractivity (Wildman–Crippen MR) is 70.1 cm³/mol. The van der Waals surface area contributed by atoms with Crippen LogP contribution >= 0.6 is 0 Å². The van der Waals surface area contributed by atoms with Gasteiger partial charge in [0, 0.05) is 12.8 Å². The molecule has 2 rings (SSSR count). The number of ether oxygens (including phenoxy) is 1. The molecule has 0 saturated heterocycles. The minimum absolute atomic E-state index is 0.248. The summed E-state index contributed by atoms with van der Waals surface area (Å²) in [6.45, 7) is 0. The number of nitrogens with one attached hydrogen (secondary N) is 1. The van der Waals surface area contributed by atoms with Crippen LogP contribution in [-0.4, -0.2) is 30.3 Å². The maximum absolute atomic E-state index is 10.8. The molecular formula is C14H19NO3. The second-order valence-corrected chi connectivity index (χ2v) is 4.69. The van der Waals surface area contributed by atoms with Crippen LogP contribution in [0.25, 0.3) is 0 Å². The third-order valence-electron chi connectivity index (χ3n) is 3.49. The Bertz CT molecular complexity index is 402. The average molecular weight is 249 g/mol. The summed E-state index contributed by atoms with van der Waals surface area (Å²) in [6, 6.07) is 7.18. The van der Waals surface area contributed by atoms with Crippen LogP contribution in [-0.2, 0) is 4.74 Å². The largest absolute Gasteiger partial charge is 0.478 e. The topological polar surface area (TPSA) is 58.6 Å². The number of carbonyl (C=O) groups is 1. The van der Waals surface area contributed by atoms with Gasteiger partial charge in [0.15, 0.2) is 0 Å². The van der Waals surface area contributed by atoms with Crippen molar-refractivity contribution in [1.82, 2.24) is 0 Å². The molecule has 0 aliphatic heterocycles. The summed E-state index contributed by atoms with van der Waals surface area (Å²) in [5, 5.41) is 12.3. The first-order valence-corrected chi connectivity index (χ1v) is 6.33. The second-order valence-electron chi connectivity index (χ2n) is 4.69. The number of anilines is 1. The smallest absolute Gasteiger partial charge is 0.335 e. The van der Waals surface area contributed by atoms with Crippen LogP contribution in [0.2, 0.25) is 0 Å². The summed E-state index contributed by atoms with van der Waals surface area (Å²) >= 11 is 0. The van der Waals surface area contributed by atoms with Crippen LogP contribution in [0.1, 0.15) is 36.0 Å². The molecule has 0 heterocycles. The molecule has 1 aromatic carbocycles. The highest BCUT2D eigenvalue weighted by Crippen LogP contribution is 2.24. The minimum atomic E-state index is -0.894. The molecule has 1 aliphatic rings. The van der Waals surface area contributed by atoms with Crippen LogP contribution < -0.4 is 5.32 Å². The van der Waals surface area contributed by atoms with Gasteiger partial charge >= 0.3 is 5.97 Å². The van der Waals surface area contributed by atoms with E-state index in [0.717, 1.165) is 18.5 Å². The monoisotopic (exact) mass is 249 g/mol. The highest BCUT2D eigenvalue weighted by atomic mass is 16.5. The molecule has 1 aliphatic carbocycles. The minimum Gasteiger partial charge on any atom is -0.478 e. The van der Waals surface area contributed by atoms with Crippen molar-refractivity contribution in [1.29, 1.82) is 0 Å². The number of rotatable bonds is 4. The van der Waals surface area contributed by atoms with E-state index in [9.17, 15) is 4.79 Å². The molecule has 1 aromatic rings. The Morgan fingerprint density at radius 1 is 1.28 bits per heavy atom. The number of hydrogen-bond donors (Lipinski definition) is 2. The summed E-state index contributed by atoms with van der Waals surface area (Å²) in [6.07, 6.45) is 4.86. The van der Waals surface area contributed by atoms with Crippen LogP contribution in [0.4, 0.5) is 5.69 Å². The fourth-order valence-corrected chi connectivity index (χ4v) is 2.47. The van der Waals surface area contributed by atoms with Gasteiger partial charge in [0.1, 0.15) is 0 Å². The zero-order chi connectivity index (χ0) is 13.0. The molecule has 0 radical (unpaired) electrons. The summed E-state index contributed by atoms with van der Waals surface area (Å²) in [7, 11) is 1.75. The first-order chi connectivity index (χ1) is 8.70. The molecule has 1 saturated carbocycles. The Morgan fingerprint density at radius 3 is 2.56 bits per heavy atom. The van der Waals surface area contributed by atoms with Crippen LogP contribution in [0.15, 0.2) is 24.3 Å². The number of methoxy groups -OCH3 is 1. The Kier molecular flexibility index (Phi) is 4.20. The van der Waals surface area contributed by atoms with Gasteiger partial charge in [-0.3, -0.25) is 0 Å².